The third kappa shape index (κ3) is 3.33. The summed E-state index contributed by atoms with van der Waals surface area (Å²) >= 11 is 9.86. The molecule has 1 amide bonds. The first-order chi connectivity index (χ1) is 11.5. The van der Waals surface area contributed by atoms with Gasteiger partial charge in [0.25, 0.3) is 5.91 Å². The summed E-state index contributed by atoms with van der Waals surface area (Å²) in [4.78, 5) is 14.7. The molecule has 0 atom stereocenters. The number of phenolic OH excluding ortho intramolecular Hbond substituents is 1. The fraction of sp³-hybridized carbons (Fsp3) is 0.0588. The summed E-state index contributed by atoms with van der Waals surface area (Å²) in [5.41, 5.74) is 1.50. The van der Waals surface area contributed by atoms with Gasteiger partial charge in [-0.15, -0.1) is 0 Å². The maximum Gasteiger partial charge on any atom is 0.270 e. The SMILES string of the molecule is COc1ccc(N2C(=O)C(=Cc3ccc(O)c(Br)c3)SC2=S)cc1. The molecular formula is C17H12BrNO3S2. The number of thiocarbonyl (C=S) groups is 1. The molecule has 1 aliphatic heterocycles. The molecule has 0 spiro atoms. The molecule has 0 bridgehead atoms. The van der Waals surface area contributed by atoms with Crippen molar-refractivity contribution in [1.29, 1.82) is 0 Å². The Morgan fingerprint density at radius 1 is 1.25 bits per heavy atom. The highest BCUT2D eigenvalue weighted by molar-refractivity contribution is 9.10. The molecule has 2 aromatic rings. The van der Waals surface area contributed by atoms with E-state index in [0.717, 1.165) is 5.56 Å². The second-order valence-electron chi connectivity index (χ2n) is 4.93. The number of ether oxygens (including phenoxy) is 1. The summed E-state index contributed by atoms with van der Waals surface area (Å²) in [6.07, 6.45) is 1.76. The highest BCUT2D eigenvalue weighted by Crippen LogP contribution is 2.37. The minimum absolute atomic E-state index is 0.151. The van der Waals surface area contributed by atoms with Gasteiger partial charge in [0.15, 0.2) is 4.32 Å². The molecule has 0 aromatic heterocycles. The number of hydrogen-bond acceptors (Lipinski definition) is 5. The van der Waals surface area contributed by atoms with Crippen molar-refractivity contribution < 1.29 is 14.6 Å². The highest BCUT2D eigenvalue weighted by Gasteiger charge is 2.33. The van der Waals surface area contributed by atoms with Crippen molar-refractivity contribution in [3.8, 4) is 11.5 Å². The van der Waals surface area contributed by atoms with Gasteiger partial charge in [0.1, 0.15) is 11.5 Å². The molecule has 0 aliphatic carbocycles. The third-order valence-corrected chi connectivity index (χ3v) is 5.33. The molecular weight excluding hydrogens is 410 g/mol. The second kappa shape index (κ2) is 6.96. The average molecular weight is 422 g/mol. The van der Waals surface area contributed by atoms with Crippen molar-refractivity contribution in [2.24, 2.45) is 0 Å². The number of anilines is 1. The molecule has 0 radical (unpaired) electrons. The van der Waals surface area contributed by atoms with Crippen LogP contribution in [-0.2, 0) is 4.79 Å². The normalized spacial score (nSPS) is 16.1. The number of carbonyl (C=O) groups excluding carboxylic acids is 1. The summed E-state index contributed by atoms with van der Waals surface area (Å²) in [5, 5.41) is 9.55. The van der Waals surface area contributed by atoms with E-state index in [1.165, 1.54) is 16.7 Å². The van der Waals surface area contributed by atoms with Gasteiger partial charge in [0.2, 0.25) is 0 Å². The van der Waals surface area contributed by atoms with Gasteiger partial charge in [-0.3, -0.25) is 9.69 Å². The van der Waals surface area contributed by atoms with Crippen molar-refractivity contribution >= 4 is 61.9 Å². The number of nitrogens with zero attached hydrogens (tertiary/aromatic N) is 1. The third-order valence-electron chi connectivity index (χ3n) is 3.39. The minimum Gasteiger partial charge on any atom is -0.507 e. The Balaban J connectivity index is 1.90. The van der Waals surface area contributed by atoms with Gasteiger partial charge in [-0.1, -0.05) is 30.0 Å². The van der Waals surface area contributed by atoms with Crippen molar-refractivity contribution in [3.63, 3.8) is 0 Å². The zero-order chi connectivity index (χ0) is 17.3. The Hall–Kier alpha value is -1.83. The molecule has 2 aromatic carbocycles. The summed E-state index contributed by atoms with van der Waals surface area (Å²) in [6, 6.07) is 12.2. The van der Waals surface area contributed by atoms with E-state index in [-0.39, 0.29) is 11.7 Å². The first-order valence-electron chi connectivity index (χ1n) is 6.90. The van der Waals surface area contributed by atoms with E-state index in [2.05, 4.69) is 15.9 Å². The van der Waals surface area contributed by atoms with Crippen molar-refractivity contribution in [2.45, 2.75) is 0 Å². The number of hydrogen-bond donors (Lipinski definition) is 1. The van der Waals surface area contributed by atoms with Gasteiger partial charge in [0, 0.05) is 0 Å². The predicted octanol–water partition coefficient (Wildman–Crippen LogP) is 4.57. The quantitative estimate of drug-likeness (QED) is 0.580. The van der Waals surface area contributed by atoms with Gasteiger partial charge >= 0.3 is 0 Å². The number of thioether (sulfide) groups is 1. The van der Waals surface area contributed by atoms with Crippen LogP contribution in [0.15, 0.2) is 51.8 Å². The van der Waals surface area contributed by atoms with Crippen LogP contribution in [0.25, 0.3) is 6.08 Å². The van der Waals surface area contributed by atoms with E-state index in [4.69, 9.17) is 17.0 Å². The molecule has 1 fully saturated rings. The number of methoxy groups -OCH3 is 1. The lowest BCUT2D eigenvalue weighted by atomic mass is 10.2. The number of phenols is 1. The summed E-state index contributed by atoms with van der Waals surface area (Å²) in [5.74, 6) is 0.700. The molecule has 1 heterocycles. The van der Waals surface area contributed by atoms with Gasteiger partial charge < -0.3 is 9.84 Å². The Morgan fingerprint density at radius 2 is 1.96 bits per heavy atom. The number of benzene rings is 2. The highest BCUT2D eigenvalue weighted by atomic mass is 79.9. The molecule has 1 aliphatic rings. The molecule has 4 nitrogen and oxygen atoms in total. The van der Waals surface area contributed by atoms with E-state index >= 15 is 0 Å². The lowest BCUT2D eigenvalue weighted by Gasteiger charge is -2.14. The Bertz CT molecular complexity index is 849. The van der Waals surface area contributed by atoms with Crippen LogP contribution in [0.2, 0.25) is 0 Å². The van der Waals surface area contributed by atoms with Crippen LogP contribution < -0.4 is 9.64 Å². The summed E-state index contributed by atoms with van der Waals surface area (Å²) in [6.45, 7) is 0. The number of aromatic hydroxyl groups is 1. The van der Waals surface area contributed by atoms with Crippen molar-refractivity contribution in [1.82, 2.24) is 0 Å². The molecule has 3 rings (SSSR count). The van der Waals surface area contributed by atoms with Crippen LogP contribution in [0.3, 0.4) is 0 Å². The topological polar surface area (TPSA) is 49.8 Å². The molecule has 1 N–H and O–H groups in total. The number of amides is 1. The summed E-state index contributed by atoms with van der Waals surface area (Å²) in [7, 11) is 1.59. The van der Waals surface area contributed by atoms with Crippen LogP contribution in [-0.4, -0.2) is 22.4 Å². The van der Waals surface area contributed by atoms with Gasteiger partial charge in [-0.05, 0) is 64.0 Å². The van der Waals surface area contributed by atoms with Crippen LogP contribution in [0.1, 0.15) is 5.56 Å². The van der Waals surface area contributed by atoms with E-state index in [9.17, 15) is 9.90 Å². The van der Waals surface area contributed by atoms with Crippen molar-refractivity contribution in [2.75, 3.05) is 12.0 Å². The smallest absolute Gasteiger partial charge is 0.270 e. The monoisotopic (exact) mass is 421 g/mol. The fourth-order valence-electron chi connectivity index (χ4n) is 2.19. The van der Waals surface area contributed by atoms with Gasteiger partial charge in [0.05, 0.1) is 22.2 Å². The van der Waals surface area contributed by atoms with Crippen LogP contribution >= 0.6 is 39.9 Å². The molecule has 0 unspecified atom stereocenters. The number of carbonyl (C=O) groups is 1. The Morgan fingerprint density at radius 3 is 2.58 bits per heavy atom. The van der Waals surface area contributed by atoms with E-state index in [1.807, 2.05) is 0 Å². The summed E-state index contributed by atoms with van der Waals surface area (Å²) < 4.78 is 6.18. The zero-order valence-corrected chi connectivity index (χ0v) is 15.7. The average Bonchev–Trinajstić information content (AvgIpc) is 2.85. The molecule has 1 saturated heterocycles. The molecule has 0 saturated carbocycles. The van der Waals surface area contributed by atoms with Crippen molar-refractivity contribution in [3.05, 3.63) is 57.4 Å². The standard InChI is InChI=1S/C17H12BrNO3S2/c1-22-12-5-3-11(4-6-12)19-16(21)15(24-17(19)23)9-10-2-7-14(20)13(18)8-10/h2-9,20H,1H3. The van der Waals surface area contributed by atoms with E-state index in [1.54, 1.807) is 55.7 Å². The maximum atomic E-state index is 12.7. The van der Waals surface area contributed by atoms with E-state index in [0.29, 0.717) is 25.1 Å². The van der Waals surface area contributed by atoms with Crippen LogP contribution in [0, 0.1) is 0 Å². The lowest BCUT2D eigenvalue weighted by Crippen LogP contribution is -2.27. The van der Waals surface area contributed by atoms with Gasteiger partial charge in [-0.2, -0.15) is 0 Å². The largest absolute Gasteiger partial charge is 0.507 e. The minimum atomic E-state index is -0.167. The number of halogens is 1. The first-order valence-corrected chi connectivity index (χ1v) is 8.92. The van der Waals surface area contributed by atoms with E-state index < -0.39 is 0 Å². The zero-order valence-electron chi connectivity index (χ0n) is 12.5. The molecule has 122 valence electrons. The second-order valence-corrected chi connectivity index (χ2v) is 7.46. The fourth-order valence-corrected chi connectivity index (χ4v) is 3.88. The Labute approximate surface area is 157 Å². The Kier molecular flexibility index (Phi) is 4.93. The molecule has 24 heavy (non-hydrogen) atoms. The predicted molar refractivity (Wildman–Crippen MR) is 104 cm³/mol. The maximum absolute atomic E-state index is 12.7. The van der Waals surface area contributed by atoms with Crippen LogP contribution in [0.4, 0.5) is 5.69 Å². The lowest BCUT2D eigenvalue weighted by molar-refractivity contribution is -0.113. The molecule has 7 heteroatoms. The number of rotatable bonds is 3. The first kappa shape index (κ1) is 17.0. The van der Waals surface area contributed by atoms with Crippen LogP contribution in [0.5, 0.6) is 11.5 Å². The van der Waals surface area contributed by atoms with Gasteiger partial charge in [-0.25, -0.2) is 0 Å².